The number of hydrogen-bond donors (Lipinski definition) is 2. The molecule has 2 aromatic heterocycles. The fourth-order valence-corrected chi connectivity index (χ4v) is 2.26. The van der Waals surface area contributed by atoms with Crippen molar-refractivity contribution in [3.63, 3.8) is 0 Å². The lowest BCUT2D eigenvalue weighted by molar-refractivity contribution is 0.235. The van der Waals surface area contributed by atoms with Crippen molar-refractivity contribution >= 4 is 0 Å². The number of nitrogens with zero attached hydrogens (tertiary/aromatic N) is 3. The van der Waals surface area contributed by atoms with Crippen LogP contribution < -0.4 is 5.32 Å². The molecule has 1 aliphatic heterocycles. The zero-order valence-corrected chi connectivity index (χ0v) is 10.4. The van der Waals surface area contributed by atoms with Gasteiger partial charge in [0.15, 0.2) is 0 Å². The summed E-state index contributed by atoms with van der Waals surface area (Å²) < 4.78 is 0. The van der Waals surface area contributed by atoms with Crippen LogP contribution in [-0.2, 0) is 0 Å². The molecule has 1 saturated heterocycles. The van der Waals surface area contributed by atoms with E-state index in [1.165, 1.54) is 0 Å². The zero-order chi connectivity index (χ0) is 12.4. The summed E-state index contributed by atoms with van der Waals surface area (Å²) in [7, 11) is 2.13. The third-order valence-electron chi connectivity index (χ3n) is 3.26. The number of hydrogen-bond acceptors (Lipinski definition) is 4. The smallest absolute Gasteiger partial charge is 0.147 e. The molecule has 0 bridgehead atoms. The average Bonchev–Trinajstić information content (AvgIpc) is 2.93. The first-order valence-electron chi connectivity index (χ1n) is 6.21. The third kappa shape index (κ3) is 2.27. The van der Waals surface area contributed by atoms with Crippen molar-refractivity contribution in [1.29, 1.82) is 0 Å². The molecule has 0 radical (unpaired) electrons. The first kappa shape index (κ1) is 11.4. The summed E-state index contributed by atoms with van der Waals surface area (Å²) in [6, 6.07) is 4.19. The average molecular weight is 243 g/mol. The molecular formula is C13H17N5. The number of rotatable bonds is 2. The summed E-state index contributed by atoms with van der Waals surface area (Å²) in [6.45, 7) is 3.02. The van der Waals surface area contributed by atoms with Gasteiger partial charge in [-0.25, -0.2) is 9.97 Å². The van der Waals surface area contributed by atoms with Crippen molar-refractivity contribution in [2.45, 2.75) is 6.04 Å². The van der Waals surface area contributed by atoms with Crippen molar-refractivity contribution in [2.24, 2.45) is 0 Å². The van der Waals surface area contributed by atoms with Crippen LogP contribution >= 0.6 is 0 Å². The molecule has 0 aliphatic carbocycles. The van der Waals surface area contributed by atoms with E-state index in [4.69, 9.17) is 0 Å². The van der Waals surface area contributed by atoms with E-state index in [2.05, 4.69) is 32.2 Å². The van der Waals surface area contributed by atoms with Gasteiger partial charge in [0.2, 0.25) is 0 Å². The van der Waals surface area contributed by atoms with Crippen LogP contribution in [0.25, 0.3) is 11.3 Å². The molecule has 0 amide bonds. The van der Waals surface area contributed by atoms with Crippen LogP contribution in [0.15, 0.2) is 30.7 Å². The maximum absolute atomic E-state index is 4.65. The van der Waals surface area contributed by atoms with Crippen LogP contribution in [-0.4, -0.2) is 46.5 Å². The fraction of sp³-hybridized carbons (Fsp3) is 0.385. The van der Waals surface area contributed by atoms with Crippen molar-refractivity contribution in [3.8, 4) is 11.3 Å². The molecule has 1 aliphatic rings. The second-order valence-corrected chi connectivity index (χ2v) is 4.67. The molecule has 2 aromatic rings. The standard InChI is InChI=1S/C13H17N5/c1-18-7-6-15-12(9-18)13-16-5-3-11(17-13)10-2-4-14-8-10/h2-5,8,12,14-15H,6-7,9H2,1H3. The lowest BCUT2D eigenvalue weighted by Gasteiger charge is -2.29. The number of likely N-dealkylation sites (N-methyl/N-ethyl adjacent to an activating group) is 1. The second-order valence-electron chi connectivity index (χ2n) is 4.67. The van der Waals surface area contributed by atoms with Crippen LogP contribution in [0, 0.1) is 0 Å². The van der Waals surface area contributed by atoms with E-state index in [0.29, 0.717) is 0 Å². The van der Waals surface area contributed by atoms with Gasteiger partial charge < -0.3 is 15.2 Å². The minimum atomic E-state index is 0.225. The quantitative estimate of drug-likeness (QED) is 0.827. The molecule has 0 saturated carbocycles. The van der Waals surface area contributed by atoms with Gasteiger partial charge in [-0.1, -0.05) is 0 Å². The molecule has 0 spiro atoms. The Hall–Kier alpha value is -1.72. The van der Waals surface area contributed by atoms with E-state index in [0.717, 1.165) is 36.7 Å². The number of H-pyrrole nitrogens is 1. The van der Waals surface area contributed by atoms with Crippen LogP contribution in [0.5, 0.6) is 0 Å². The Kier molecular flexibility index (Phi) is 3.08. The van der Waals surface area contributed by atoms with E-state index >= 15 is 0 Å². The number of aromatic amines is 1. The van der Waals surface area contributed by atoms with Crippen LogP contribution in [0.1, 0.15) is 11.9 Å². The molecule has 18 heavy (non-hydrogen) atoms. The highest BCUT2D eigenvalue weighted by molar-refractivity contribution is 5.57. The van der Waals surface area contributed by atoms with Gasteiger partial charge in [-0.3, -0.25) is 0 Å². The van der Waals surface area contributed by atoms with Crippen molar-refractivity contribution < 1.29 is 0 Å². The fourth-order valence-electron chi connectivity index (χ4n) is 2.26. The van der Waals surface area contributed by atoms with E-state index in [9.17, 15) is 0 Å². The molecule has 5 heteroatoms. The highest BCUT2D eigenvalue weighted by Crippen LogP contribution is 2.18. The summed E-state index contributed by atoms with van der Waals surface area (Å²) in [5, 5.41) is 3.46. The maximum Gasteiger partial charge on any atom is 0.147 e. The molecule has 3 heterocycles. The largest absolute Gasteiger partial charge is 0.367 e. The van der Waals surface area contributed by atoms with E-state index in [1.54, 1.807) is 0 Å². The number of aromatic nitrogens is 3. The lowest BCUT2D eigenvalue weighted by Crippen LogP contribution is -2.44. The van der Waals surface area contributed by atoms with Crippen molar-refractivity contribution in [1.82, 2.24) is 25.2 Å². The second kappa shape index (κ2) is 4.88. The molecule has 5 nitrogen and oxygen atoms in total. The van der Waals surface area contributed by atoms with Gasteiger partial charge in [-0.05, 0) is 19.2 Å². The molecule has 1 atom stereocenters. The van der Waals surface area contributed by atoms with E-state index in [-0.39, 0.29) is 6.04 Å². The SMILES string of the molecule is CN1CCNC(c2nccc(-c3cc[nH]c3)n2)C1. The first-order valence-corrected chi connectivity index (χ1v) is 6.21. The summed E-state index contributed by atoms with van der Waals surface area (Å²) in [5.74, 6) is 0.875. The van der Waals surface area contributed by atoms with Gasteiger partial charge in [0, 0.05) is 43.8 Å². The Morgan fingerprint density at radius 1 is 1.39 bits per heavy atom. The predicted molar refractivity (Wildman–Crippen MR) is 70.1 cm³/mol. The summed E-state index contributed by atoms with van der Waals surface area (Å²) in [4.78, 5) is 14.4. The highest BCUT2D eigenvalue weighted by atomic mass is 15.2. The molecule has 2 N–H and O–H groups in total. The Labute approximate surface area is 106 Å². The Balaban J connectivity index is 1.86. The summed E-state index contributed by atoms with van der Waals surface area (Å²) in [5.41, 5.74) is 2.07. The third-order valence-corrected chi connectivity index (χ3v) is 3.26. The van der Waals surface area contributed by atoms with Crippen molar-refractivity contribution in [3.05, 3.63) is 36.5 Å². The van der Waals surface area contributed by atoms with Gasteiger partial charge in [0.25, 0.3) is 0 Å². The maximum atomic E-state index is 4.65. The monoisotopic (exact) mass is 243 g/mol. The van der Waals surface area contributed by atoms with Gasteiger partial charge in [0.1, 0.15) is 5.82 Å². The van der Waals surface area contributed by atoms with E-state index in [1.807, 2.05) is 30.7 Å². The van der Waals surface area contributed by atoms with Gasteiger partial charge in [0.05, 0.1) is 11.7 Å². The topological polar surface area (TPSA) is 56.8 Å². The summed E-state index contributed by atoms with van der Waals surface area (Å²) in [6.07, 6.45) is 5.69. The minimum absolute atomic E-state index is 0.225. The molecule has 1 fully saturated rings. The highest BCUT2D eigenvalue weighted by Gasteiger charge is 2.20. The normalized spacial score (nSPS) is 21.1. The van der Waals surface area contributed by atoms with Crippen LogP contribution in [0.3, 0.4) is 0 Å². The zero-order valence-electron chi connectivity index (χ0n) is 10.4. The van der Waals surface area contributed by atoms with E-state index < -0.39 is 0 Å². The predicted octanol–water partition coefficient (Wildman–Crippen LogP) is 1.05. The van der Waals surface area contributed by atoms with Gasteiger partial charge >= 0.3 is 0 Å². The molecular weight excluding hydrogens is 226 g/mol. The molecule has 94 valence electrons. The molecule has 0 aromatic carbocycles. The Morgan fingerprint density at radius 2 is 2.33 bits per heavy atom. The first-order chi connectivity index (χ1) is 8.83. The van der Waals surface area contributed by atoms with Gasteiger partial charge in [-0.15, -0.1) is 0 Å². The number of nitrogens with one attached hydrogen (secondary N) is 2. The molecule has 1 unspecified atom stereocenters. The van der Waals surface area contributed by atoms with Crippen molar-refractivity contribution in [2.75, 3.05) is 26.7 Å². The number of piperazine rings is 1. The summed E-state index contributed by atoms with van der Waals surface area (Å²) >= 11 is 0. The van der Waals surface area contributed by atoms with Crippen LogP contribution in [0.4, 0.5) is 0 Å². The van der Waals surface area contributed by atoms with Crippen LogP contribution in [0.2, 0.25) is 0 Å². The van der Waals surface area contributed by atoms with Gasteiger partial charge in [-0.2, -0.15) is 0 Å². The Morgan fingerprint density at radius 3 is 3.11 bits per heavy atom. The minimum Gasteiger partial charge on any atom is -0.367 e. The Bertz CT molecular complexity index is 508. The lowest BCUT2D eigenvalue weighted by atomic mass is 10.2. The molecule has 3 rings (SSSR count).